The van der Waals surface area contributed by atoms with Crippen molar-refractivity contribution in [2.24, 2.45) is 16.2 Å². The third kappa shape index (κ3) is 8.37. The van der Waals surface area contributed by atoms with Crippen LogP contribution in [0.15, 0.2) is 83.4 Å². The molecule has 1 fully saturated rings. The first kappa shape index (κ1) is 36.2. The lowest BCUT2D eigenvalue weighted by Gasteiger charge is -2.43. The molecule has 3 aliphatic rings. The number of ether oxygens (including phenoxy) is 2. The van der Waals surface area contributed by atoms with E-state index in [0.29, 0.717) is 55.1 Å². The molecule has 2 amide bonds. The number of nitrogens with one attached hydrogen (secondary N) is 1. The molecule has 12 heteroatoms. The molecule has 7 rings (SSSR count). The van der Waals surface area contributed by atoms with E-state index in [9.17, 15) is 13.8 Å². The van der Waals surface area contributed by atoms with Crippen LogP contribution in [0.1, 0.15) is 66.4 Å². The van der Waals surface area contributed by atoms with Crippen molar-refractivity contribution in [3.05, 3.63) is 101 Å². The summed E-state index contributed by atoms with van der Waals surface area (Å²) in [6, 6.07) is 19.2. The van der Waals surface area contributed by atoms with Crippen LogP contribution in [0.25, 0.3) is 10.9 Å². The van der Waals surface area contributed by atoms with Gasteiger partial charge in [0.05, 0.1) is 42.4 Å². The number of hydrogen-bond donors (Lipinski definition) is 1. The van der Waals surface area contributed by atoms with E-state index in [4.69, 9.17) is 21.1 Å². The number of allylic oxidation sites excluding steroid dienone is 1. The number of amides is 2. The summed E-state index contributed by atoms with van der Waals surface area (Å²) in [5, 5.41) is 6.09. The molecule has 4 aromatic rings. The van der Waals surface area contributed by atoms with E-state index in [1.807, 2.05) is 42.5 Å². The summed E-state index contributed by atoms with van der Waals surface area (Å²) in [4.78, 5) is 29.5. The molecule has 0 saturated heterocycles. The minimum absolute atomic E-state index is 0.0299. The maximum absolute atomic E-state index is 14.4. The number of methoxy groups -OCH3 is 1. The Morgan fingerprint density at radius 2 is 1.96 bits per heavy atom. The summed E-state index contributed by atoms with van der Waals surface area (Å²) in [5.74, 6) is 0.320. The van der Waals surface area contributed by atoms with Gasteiger partial charge in [0.25, 0.3) is 5.91 Å². The normalized spacial score (nSPS) is 24.6. The minimum atomic E-state index is -3.46. The van der Waals surface area contributed by atoms with Gasteiger partial charge in [0.1, 0.15) is 15.7 Å². The zero-order chi connectivity index (χ0) is 36.1. The zero-order valence-electron chi connectivity index (χ0n) is 29.5. The molecular formula is C40H46ClN5O5S. The predicted molar refractivity (Wildman–Crippen MR) is 205 cm³/mol. The molecule has 1 saturated carbocycles. The summed E-state index contributed by atoms with van der Waals surface area (Å²) in [7, 11) is -1.70. The Hall–Kier alpha value is -4.19. The lowest BCUT2D eigenvalue weighted by atomic mass is 9.70. The number of carbonyl (C=O) groups excluding carboxylic acids is 2. The summed E-state index contributed by atoms with van der Waals surface area (Å²) < 4.78 is 35.4. The molecule has 274 valence electrons. The number of aromatic nitrogens is 2. The molecular weight excluding hydrogens is 698 g/mol. The van der Waals surface area contributed by atoms with Crippen molar-refractivity contribution in [2.45, 2.75) is 70.6 Å². The fraction of sp³-hybridized carbons (Fsp3) is 0.425. The molecule has 0 spiro atoms. The Morgan fingerprint density at radius 1 is 1.08 bits per heavy atom. The average Bonchev–Trinajstić information content (AvgIpc) is 3.53. The number of halogens is 1. The van der Waals surface area contributed by atoms with Gasteiger partial charge in [0, 0.05) is 42.6 Å². The van der Waals surface area contributed by atoms with Crippen LogP contribution in [0.4, 0.5) is 5.69 Å². The molecule has 3 aromatic carbocycles. The lowest BCUT2D eigenvalue weighted by Crippen LogP contribution is -2.43. The van der Waals surface area contributed by atoms with Gasteiger partial charge < -0.3 is 14.4 Å². The van der Waals surface area contributed by atoms with Gasteiger partial charge in [-0.2, -0.15) is 5.10 Å². The number of nitrogens with zero attached hydrogens (tertiary/aromatic N) is 4. The first-order valence-corrected chi connectivity index (χ1v) is 20.3. The number of hydrogen-bond acceptors (Lipinski definition) is 7. The number of aryl methyl sites for hydroxylation is 2. The Balaban J connectivity index is 1.23. The molecule has 52 heavy (non-hydrogen) atoms. The lowest BCUT2D eigenvalue weighted by molar-refractivity contribution is -0.119. The van der Waals surface area contributed by atoms with E-state index in [2.05, 4.69) is 43.4 Å². The molecule has 1 aromatic heterocycles. The molecule has 0 radical (unpaired) electrons. The van der Waals surface area contributed by atoms with E-state index in [1.54, 1.807) is 24.1 Å². The first-order valence-electron chi connectivity index (χ1n) is 18.3. The van der Waals surface area contributed by atoms with Crippen molar-refractivity contribution < 1.29 is 23.3 Å². The summed E-state index contributed by atoms with van der Waals surface area (Å²) in [6.45, 7) is 2.17. The Labute approximate surface area is 310 Å². The highest BCUT2D eigenvalue weighted by Gasteiger charge is 2.38. The number of benzene rings is 3. The molecule has 3 heterocycles. The van der Waals surface area contributed by atoms with Gasteiger partial charge in [-0.15, -0.1) is 4.36 Å². The van der Waals surface area contributed by atoms with E-state index < -0.39 is 21.7 Å². The smallest absolute Gasteiger partial charge is 0.286 e. The van der Waals surface area contributed by atoms with E-state index in [1.165, 1.54) is 11.1 Å². The summed E-state index contributed by atoms with van der Waals surface area (Å²) >= 11 is 6.47. The van der Waals surface area contributed by atoms with Crippen LogP contribution in [-0.4, -0.2) is 57.9 Å². The highest BCUT2D eigenvalue weighted by Crippen LogP contribution is 2.42. The maximum Gasteiger partial charge on any atom is 0.286 e. The van der Waals surface area contributed by atoms with Gasteiger partial charge >= 0.3 is 0 Å². The molecule has 4 atom stereocenters. The van der Waals surface area contributed by atoms with Crippen molar-refractivity contribution in [3.8, 4) is 5.75 Å². The molecule has 2 aliphatic heterocycles. The highest BCUT2D eigenvalue weighted by atomic mass is 35.5. The van der Waals surface area contributed by atoms with Crippen molar-refractivity contribution in [3.63, 3.8) is 0 Å². The first-order chi connectivity index (χ1) is 25.3. The van der Waals surface area contributed by atoms with E-state index in [-0.39, 0.29) is 23.8 Å². The SMILES string of the molecule is CO[C@H]1/C=C/CCC[S@@](=O)(NC(=O)CCn2ncc3ccccc32)=NC(=O)c2ccc3c(c2)N(Cc2ccc(Cl)cc2CCCCO3)C[C@@H]2CC[C@H]21. The topological polar surface area (TPSA) is 115 Å². The third-order valence-electron chi connectivity index (χ3n) is 10.5. The Morgan fingerprint density at radius 3 is 2.81 bits per heavy atom. The van der Waals surface area contributed by atoms with Gasteiger partial charge in [-0.25, -0.2) is 4.21 Å². The standard InChI is InChI=1S/C40H46ClN5O5S/c1-50-37-12-3-2-8-22-52(49,43-39(47)19-20-46-35-11-5-4-10-30(35)25-42-46)44-40(48)29-15-18-38-36(24-29)45(27-32-14-17-34(32)37)26-31-13-16-33(41)23-28(31)9-6-7-21-51-38/h3-5,10-13,15-16,18,23-25,32,34,37H,2,6-9,14,17,19-22,26-27H2,1H3,(H,43,44,47,48,49)/b12-3+/t32-,34+,37-,52+/m0/s1. The molecule has 1 N–H and O–H groups in total. The van der Waals surface area contributed by atoms with Gasteiger partial charge in [0.2, 0.25) is 5.91 Å². The van der Waals surface area contributed by atoms with Crippen LogP contribution in [-0.2, 0) is 39.0 Å². The second kappa shape index (κ2) is 16.2. The number of carbonyl (C=O) groups is 2. The fourth-order valence-electron chi connectivity index (χ4n) is 7.56. The quantitative estimate of drug-likeness (QED) is 0.210. The van der Waals surface area contributed by atoms with Crippen LogP contribution < -0.4 is 14.4 Å². The van der Waals surface area contributed by atoms with Crippen molar-refractivity contribution in [1.29, 1.82) is 0 Å². The van der Waals surface area contributed by atoms with Crippen LogP contribution in [0.2, 0.25) is 5.02 Å². The van der Waals surface area contributed by atoms with Crippen LogP contribution in [0, 0.1) is 11.8 Å². The van der Waals surface area contributed by atoms with E-state index in [0.717, 1.165) is 55.2 Å². The van der Waals surface area contributed by atoms with Gasteiger partial charge in [-0.05, 0) is 104 Å². The minimum Gasteiger partial charge on any atom is -0.491 e. The predicted octanol–water partition coefficient (Wildman–Crippen LogP) is 7.53. The number of fused-ring (bicyclic) bond motifs is 4. The van der Waals surface area contributed by atoms with Crippen LogP contribution in [0.3, 0.4) is 0 Å². The third-order valence-corrected chi connectivity index (χ3v) is 12.6. The zero-order valence-corrected chi connectivity index (χ0v) is 31.1. The summed E-state index contributed by atoms with van der Waals surface area (Å²) in [6.07, 6.45) is 11.8. The summed E-state index contributed by atoms with van der Waals surface area (Å²) in [5.41, 5.74) is 4.37. The van der Waals surface area contributed by atoms with E-state index >= 15 is 0 Å². The second-order valence-corrected chi connectivity index (χ2v) is 16.5. The molecule has 1 aliphatic carbocycles. The van der Waals surface area contributed by atoms with Gasteiger partial charge in [-0.1, -0.05) is 48.0 Å². The average molecular weight is 744 g/mol. The van der Waals surface area contributed by atoms with Gasteiger partial charge in [0.15, 0.2) is 0 Å². The number of rotatable bonds is 5. The Bertz CT molecular complexity index is 2090. The fourth-order valence-corrected chi connectivity index (χ4v) is 9.38. The Kier molecular flexibility index (Phi) is 11.3. The maximum atomic E-state index is 14.4. The van der Waals surface area contributed by atoms with Gasteiger partial charge in [-0.3, -0.25) is 19.0 Å². The largest absolute Gasteiger partial charge is 0.491 e. The number of anilines is 1. The molecule has 0 unspecified atom stereocenters. The van der Waals surface area contributed by atoms with Crippen molar-refractivity contribution in [2.75, 3.05) is 30.9 Å². The van der Waals surface area contributed by atoms with Crippen LogP contribution in [0.5, 0.6) is 5.75 Å². The monoisotopic (exact) mass is 743 g/mol. The van der Waals surface area contributed by atoms with Crippen molar-refractivity contribution in [1.82, 2.24) is 14.5 Å². The van der Waals surface area contributed by atoms with Crippen LogP contribution >= 0.6 is 11.6 Å². The molecule has 10 nitrogen and oxygen atoms in total. The van der Waals surface area contributed by atoms with Crippen molar-refractivity contribution >= 4 is 49.9 Å². The highest BCUT2D eigenvalue weighted by molar-refractivity contribution is 7.92. The molecule has 2 bridgehead atoms. The second-order valence-electron chi connectivity index (χ2n) is 14.0. The number of para-hydroxylation sites is 1.